The third kappa shape index (κ3) is 2.37. The molecule has 2 aromatic carbocycles. The molecule has 0 radical (unpaired) electrons. The highest BCUT2D eigenvalue weighted by atomic mass is 16.6. The van der Waals surface area contributed by atoms with Crippen molar-refractivity contribution in [2.24, 2.45) is 5.73 Å². The van der Waals surface area contributed by atoms with E-state index in [4.69, 9.17) is 15.2 Å². The Morgan fingerprint density at radius 3 is 2.79 bits per heavy atom. The molecule has 1 fully saturated rings. The second-order valence-corrected chi connectivity index (χ2v) is 5.03. The lowest BCUT2D eigenvalue weighted by Crippen LogP contribution is -2.38. The Kier molecular flexibility index (Phi) is 3.51. The standard InChI is InChI=1S/C16H19NO2/c1-11-6-7-12-4-2-3-5-13(12)15(11)16(17)14-10-18-8-9-19-14/h2-7,14,16H,8-10,17H2,1H3. The Balaban J connectivity index is 2.05. The van der Waals surface area contributed by atoms with Gasteiger partial charge in [-0.25, -0.2) is 0 Å². The van der Waals surface area contributed by atoms with E-state index in [1.807, 2.05) is 6.07 Å². The topological polar surface area (TPSA) is 44.5 Å². The molecule has 2 unspecified atom stereocenters. The van der Waals surface area contributed by atoms with E-state index in [1.165, 1.54) is 21.9 Å². The minimum atomic E-state index is -0.147. The van der Waals surface area contributed by atoms with E-state index in [0.29, 0.717) is 19.8 Å². The van der Waals surface area contributed by atoms with Gasteiger partial charge >= 0.3 is 0 Å². The van der Waals surface area contributed by atoms with Crippen molar-refractivity contribution >= 4 is 10.8 Å². The van der Waals surface area contributed by atoms with Crippen molar-refractivity contribution in [3.8, 4) is 0 Å². The van der Waals surface area contributed by atoms with Crippen LogP contribution in [0, 0.1) is 6.92 Å². The van der Waals surface area contributed by atoms with Gasteiger partial charge in [-0.3, -0.25) is 0 Å². The number of hydrogen-bond acceptors (Lipinski definition) is 3. The summed E-state index contributed by atoms with van der Waals surface area (Å²) in [4.78, 5) is 0. The quantitative estimate of drug-likeness (QED) is 0.899. The molecule has 0 spiro atoms. The molecule has 1 aliphatic heterocycles. The van der Waals surface area contributed by atoms with E-state index >= 15 is 0 Å². The fourth-order valence-corrected chi connectivity index (χ4v) is 2.75. The maximum atomic E-state index is 6.43. The molecule has 3 nitrogen and oxygen atoms in total. The Morgan fingerprint density at radius 1 is 1.16 bits per heavy atom. The molecule has 3 rings (SSSR count). The molecule has 100 valence electrons. The van der Waals surface area contributed by atoms with Crippen LogP contribution in [-0.2, 0) is 9.47 Å². The predicted molar refractivity (Wildman–Crippen MR) is 76.2 cm³/mol. The summed E-state index contributed by atoms with van der Waals surface area (Å²) < 4.78 is 11.2. The van der Waals surface area contributed by atoms with E-state index in [0.717, 1.165) is 0 Å². The SMILES string of the molecule is Cc1ccc2ccccc2c1C(N)C1COCCO1. The summed E-state index contributed by atoms with van der Waals surface area (Å²) in [5, 5.41) is 2.43. The molecule has 0 amide bonds. The molecule has 0 bridgehead atoms. The Bertz CT molecular complexity index is 576. The number of aryl methyl sites for hydroxylation is 1. The lowest BCUT2D eigenvalue weighted by Gasteiger charge is -2.29. The lowest BCUT2D eigenvalue weighted by atomic mass is 9.92. The van der Waals surface area contributed by atoms with Gasteiger partial charge in [0.2, 0.25) is 0 Å². The van der Waals surface area contributed by atoms with Crippen molar-refractivity contribution < 1.29 is 9.47 Å². The van der Waals surface area contributed by atoms with Gasteiger partial charge in [-0.15, -0.1) is 0 Å². The minimum absolute atomic E-state index is 0.0572. The van der Waals surface area contributed by atoms with Gasteiger partial charge in [0.25, 0.3) is 0 Å². The van der Waals surface area contributed by atoms with Gasteiger partial charge in [0, 0.05) is 0 Å². The highest BCUT2D eigenvalue weighted by molar-refractivity contribution is 5.87. The first-order chi connectivity index (χ1) is 9.27. The maximum Gasteiger partial charge on any atom is 0.100 e. The molecule has 19 heavy (non-hydrogen) atoms. The molecule has 2 atom stereocenters. The molecule has 2 N–H and O–H groups in total. The highest BCUT2D eigenvalue weighted by Crippen LogP contribution is 2.29. The summed E-state index contributed by atoms with van der Waals surface area (Å²) >= 11 is 0. The van der Waals surface area contributed by atoms with E-state index in [9.17, 15) is 0 Å². The zero-order valence-corrected chi connectivity index (χ0v) is 11.1. The van der Waals surface area contributed by atoms with Crippen LogP contribution in [0.25, 0.3) is 10.8 Å². The summed E-state index contributed by atoms with van der Waals surface area (Å²) in [6.45, 7) is 3.97. The summed E-state index contributed by atoms with van der Waals surface area (Å²) in [6.07, 6.45) is -0.0572. The van der Waals surface area contributed by atoms with Crippen molar-refractivity contribution in [3.63, 3.8) is 0 Å². The van der Waals surface area contributed by atoms with Crippen molar-refractivity contribution in [1.29, 1.82) is 0 Å². The van der Waals surface area contributed by atoms with Crippen molar-refractivity contribution in [2.75, 3.05) is 19.8 Å². The number of fused-ring (bicyclic) bond motifs is 1. The van der Waals surface area contributed by atoms with Crippen molar-refractivity contribution in [1.82, 2.24) is 0 Å². The molecule has 0 aliphatic carbocycles. The normalized spacial score (nSPS) is 21.5. The van der Waals surface area contributed by atoms with E-state index in [2.05, 4.69) is 37.3 Å². The summed E-state index contributed by atoms with van der Waals surface area (Å²) in [6, 6.07) is 12.5. The fourth-order valence-electron chi connectivity index (χ4n) is 2.75. The Morgan fingerprint density at radius 2 is 2.00 bits per heavy atom. The van der Waals surface area contributed by atoms with E-state index < -0.39 is 0 Å². The van der Waals surface area contributed by atoms with Crippen molar-refractivity contribution in [3.05, 3.63) is 47.5 Å². The van der Waals surface area contributed by atoms with Crippen LogP contribution >= 0.6 is 0 Å². The van der Waals surface area contributed by atoms with Crippen LogP contribution < -0.4 is 5.73 Å². The van der Waals surface area contributed by atoms with Crippen LogP contribution in [0.2, 0.25) is 0 Å². The lowest BCUT2D eigenvalue weighted by molar-refractivity contribution is -0.0974. The third-order valence-electron chi connectivity index (χ3n) is 3.76. The van der Waals surface area contributed by atoms with Crippen LogP contribution in [0.15, 0.2) is 36.4 Å². The Labute approximate surface area is 113 Å². The monoisotopic (exact) mass is 257 g/mol. The van der Waals surface area contributed by atoms with Gasteiger partial charge in [-0.2, -0.15) is 0 Å². The number of hydrogen-bond donors (Lipinski definition) is 1. The van der Waals surface area contributed by atoms with Gasteiger partial charge in [-0.05, 0) is 28.8 Å². The Hall–Kier alpha value is -1.42. The molecule has 1 aliphatic rings. The van der Waals surface area contributed by atoms with E-state index in [1.54, 1.807) is 0 Å². The van der Waals surface area contributed by atoms with Crippen molar-refractivity contribution in [2.45, 2.75) is 19.1 Å². The second kappa shape index (κ2) is 5.29. The first-order valence-corrected chi connectivity index (χ1v) is 6.70. The fraction of sp³-hybridized carbons (Fsp3) is 0.375. The number of benzene rings is 2. The largest absolute Gasteiger partial charge is 0.376 e. The molecule has 0 aromatic heterocycles. The first-order valence-electron chi connectivity index (χ1n) is 6.70. The van der Waals surface area contributed by atoms with Gasteiger partial charge in [0.15, 0.2) is 0 Å². The second-order valence-electron chi connectivity index (χ2n) is 5.03. The number of rotatable bonds is 2. The molecule has 0 saturated carbocycles. The zero-order chi connectivity index (χ0) is 13.2. The first kappa shape index (κ1) is 12.6. The number of nitrogens with two attached hydrogens (primary N) is 1. The molecular formula is C16H19NO2. The van der Waals surface area contributed by atoms with Crippen LogP contribution in [0.1, 0.15) is 17.2 Å². The average molecular weight is 257 g/mol. The van der Waals surface area contributed by atoms with Crippen LogP contribution in [0.3, 0.4) is 0 Å². The van der Waals surface area contributed by atoms with Gasteiger partial charge in [-0.1, -0.05) is 36.4 Å². The third-order valence-corrected chi connectivity index (χ3v) is 3.76. The molecular weight excluding hydrogens is 238 g/mol. The minimum Gasteiger partial charge on any atom is -0.376 e. The predicted octanol–water partition coefficient (Wildman–Crippen LogP) is 2.56. The van der Waals surface area contributed by atoms with Gasteiger partial charge in [0.05, 0.1) is 25.9 Å². The van der Waals surface area contributed by atoms with Gasteiger partial charge in [0.1, 0.15) is 6.10 Å². The highest BCUT2D eigenvalue weighted by Gasteiger charge is 2.25. The smallest absolute Gasteiger partial charge is 0.100 e. The molecule has 2 aromatic rings. The maximum absolute atomic E-state index is 6.43. The zero-order valence-electron chi connectivity index (χ0n) is 11.1. The summed E-state index contributed by atoms with van der Waals surface area (Å²) in [5.41, 5.74) is 8.81. The molecule has 1 heterocycles. The molecule has 1 saturated heterocycles. The summed E-state index contributed by atoms with van der Waals surface area (Å²) in [7, 11) is 0. The summed E-state index contributed by atoms with van der Waals surface area (Å²) in [5.74, 6) is 0. The molecule has 3 heteroatoms. The van der Waals surface area contributed by atoms with E-state index in [-0.39, 0.29) is 12.1 Å². The van der Waals surface area contributed by atoms with Crippen LogP contribution in [0.5, 0.6) is 0 Å². The number of ether oxygens (including phenoxy) is 2. The van der Waals surface area contributed by atoms with Crippen LogP contribution in [0.4, 0.5) is 0 Å². The van der Waals surface area contributed by atoms with Crippen LogP contribution in [-0.4, -0.2) is 25.9 Å². The van der Waals surface area contributed by atoms with Gasteiger partial charge < -0.3 is 15.2 Å². The average Bonchev–Trinajstić information content (AvgIpc) is 2.47.